The molecule has 1 aromatic heterocycles. The molecule has 4 rings (SSSR count). The highest BCUT2D eigenvalue weighted by molar-refractivity contribution is 5.79. The van der Waals surface area contributed by atoms with E-state index in [4.69, 9.17) is 4.98 Å². The number of aryl methyl sites for hydroxylation is 2. The summed E-state index contributed by atoms with van der Waals surface area (Å²) in [5.41, 5.74) is 3.02. The number of hydrogen-bond donors (Lipinski definition) is 0. The van der Waals surface area contributed by atoms with E-state index in [2.05, 4.69) is 16.8 Å². The van der Waals surface area contributed by atoms with Crippen molar-refractivity contribution in [3.05, 3.63) is 52.7 Å². The van der Waals surface area contributed by atoms with Crippen LogP contribution in [0.25, 0.3) is 0 Å². The van der Waals surface area contributed by atoms with E-state index in [0.717, 1.165) is 73.9 Å². The zero-order chi connectivity index (χ0) is 21.1. The average molecular weight is 411 g/mol. The van der Waals surface area contributed by atoms with Crippen LogP contribution in [0.3, 0.4) is 0 Å². The van der Waals surface area contributed by atoms with Crippen molar-refractivity contribution in [1.29, 1.82) is 0 Å². The molecule has 160 valence electrons. The van der Waals surface area contributed by atoms with Crippen LogP contribution < -0.4 is 4.90 Å². The third kappa shape index (κ3) is 4.47. The van der Waals surface area contributed by atoms with E-state index in [1.165, 1.54) is 18.9 Å². The van der Waals surface area contributed by atoms with Gasteiger partial charge in [0.25, 0.3) is 0 Å². The van der Waals surface area contributed by atoms with Gasteiger partial charge < -0.3 is 9.80 Å². The van der Waals surface area contributed by atoms with Gasteiger partial charge in [-0.1, -0.05) is 31.9 Å². The summed E-state index contributed by atoms with van der Waals surface area (Å²) in [6.45, 7) is 7.04. The number of carbonyl (C=O) groups is 1. The molecule has 1 amide bonds. The topological polar surface area (TPSA) is 49.3 Å². The molecule has 6 heteroatoms. The smallest absolute Gasteiger partial charge is 0.225 e. The predicted octanol–water partition coefficient (Wildman–Crippen LogP) is 3.92. The predicted molar refractivity (Wildman–Crippen MR) is 116 cm³/mol. The van der Waals surface area contributed by atoms with Crippen molar-refractivity contribution in [2.24, 2.45) is 5.92 Å². The maximum Gasteiger partial charge on any atom is 0.225 e. The van der Waals surface area contributed by atoms with Crippen molar-refractivity contribution in [2.45, 2.75) is 52.4 Å². The number of carbonyl (C=O) groups excluding carboxylic acids is 1. The Balaban J connectivity index is 1.54. The lowest BCUT2D eigenvalue weighted by Gasteiger charge is -2.37. The Morgan fingerprint density at radius 1 is 1.13 bits per heavy atom. The fourth-order valence-corrected chi connectivity index (χ4v) is 4.79. The van der Waals surface area contributed by atoms with E-state index < -0.39 is 0 Å². The van der Waals surface area contributed by atoms with Gasteiger partial charge in [0.2, 0.25) is 5.91 Å². The molecule has 0 bridgehead atoms. The lowest BCUT2D eigenvalue weighted by Crippen LogP contribution is -2.50. The first kappa shape index (κ1) is 20.8. The number of nitrogens with zero attached hydrogens (tertiary/aromatic N) is 4. The Morgan fingerprint density at radius 2 is 1.87 bits per heavy atom. The average Bonchev–Trinajstić information content (AvgIpc) is 3.29. The van der Waals surface area contributed by atoms with Gasteiger partial charge in [-0.3, -0.25) is 4.79 Å². The number of piperazine rings is 1. The van der Waals surface area contributed by atoms with Crippen molar-refractivity contribution in [2.75, 3.05) is 31.1 Å². The molecule has 2 fully saturated rings. The molecule has 1 saturated carbocycles. The van der Waals surface area contributed by atoms with Gasteiger partial charge in [-0.25, -0.2) is 14.4 Å². The summed E-state index contributed by atoms with van der Waals surface area (Å²) in [5.74, 6) is 2.04. The number of aromatic nitrogens is 2. The summed E-state index contributed by atoms with van der Waals surface area (Å²) in [4.78, 5) is 26.6. The maximum absolute atomic E-state index is 13.7. The highest BCUT2D eigenvalue weighted by Gasteiger charge is 2.30. The standard InChI is InChI=1S/C24H31FN4O/c1-3-22-21(16-18-7-6-10-20(25)15-18)23(27-17(2)26-22)28-11-13-29(14-12-28)24(30)19-8-4-5-9-19/h6-7,10,15,19H,3-5,8-9,11-14,16H2,1-2H3. The van der Waals surface area contributed by atoms with Gasteiger partial charge >= 0.3 is 0 Å². The van der Waals surface area contributed by atoms with Crippen molar-refractivity contribution < 1.29 is 9.18 Å². The lowest BCUT2D eigenvalue weighted by atomic mass is 10.0. The molecular weight excluding hydrogens is 379 g/mol. The van der Waals surface area contributed by atoms with Gasteiger partial charge in [0, 0.05) is 49.8 Å². The van der Waals surface area contributed by atoms with Crippen LogP contribution >= 0.6 is 0 Å². The second-order valence-electron chi connectivity index (χ2n) is 8.47. The van der Waals surface area contributed by atoms with Gasteiger partial charge in [-0.2, -0.15) is 0 Å². The molecule has 0 unspecified atom stereocenters. The molecule has 2 aromatic rings. The number of anilines is 1. The number of rotatable bonds is 5. The minimum atomic E-state index is -0.223. The third-order valence-corrected chi connectivity index (χ3v) is 6.38. The molecular formula is C24H31FN4O. The quantitative estimate of drug-likeness (QED) is 0.750. The Hall–Kier alpha value is -2.50. The van der Waals surface area contributed by atoms with Crippen LogP contribution in [0.4, 0.5) is 10.2 Å². The van der Waals surface area contributed by atoms with Gasteiger partial charge in [0.15, 0.2) is 0 Å². The van der Waals surface area contributed by atoms with Gasteiger partial charge in [-0.05, 0) is 43.9 Å². The molecule has 0 N–H and O–H groups in total. The number of halogens is 1. The molecule has 0 radical (unpaired) electrons. The fraction of sp³-hybridized carbons (Fsp3) is 0.542. The molecule has 0 spiro atoms. The second kappa shape index (κ2) is 9.11. The minimum absolute atomic E-state index is 0.223. The van der Waals surface area contributed by atoms with Crippen molar-refractivity contribution >= 4 is 11.7 Å². The second-order valence-corrected chi connectivity index (χ2v) is 8.47. The van der Waals surface area contributed by atoms with Crippen LogP contribution in [0, 0.1) is 18.7 Å². The third-order valence-electron chi connectivity index (χ3n) is 6.38. The first-order chi connectivity index (χ1) is 14.5. The summed E-state index contributed by atoms with van der Waals surface area (Å²) >= 11 is 0. The molecule has 1 aliphatic carbocycles. The summed E-state index contributed by atoms with van der Waals surface area (Å²) < 4.78 is 13.7. The van der Waals surface area contributed by atoms with Gasteiger partial charge in [-0.15, -0.1) is 0 Å². The van der Waals surface area contributed by atoms with Crippen LogP contribution in [0.1, 0.15) is 55.3 Å². The normalized spacial score (nSPS) is 17.6. The number of benzene rings is 1. The van der Waals surface area contributed by atoms with E-state index in [0.29, 0.717) is 12.3 Å². The van der Waals surface area contributed by atoms with E-state index >= 15 is 0 Å². The number of hydrogen-bond acceptors (Lipinski definition) is 4. The zero-order valence-corrected chi connectivity index (χ0v) is 18.0. The lowest BCUT2D eigenvalue weighted by molar-refractivity contribution is -0.135. The monoisotopic (exact) mass is 410 g/mol. The summed E-state index contributed by atoms with van der Waals surface area (Å²) in [6, 6.07) is 6.75. The van der Waals surface area contributed by atoms with Crippen molar-refractivity contribution in [3.8, 4) is 0 Å². The molecule has 1 aliphatic heterocycles. The van der Waals surface area contributed by atoms with Crippen molar-refractivity contribution in [3.63, 3.8) is 0 Å². The molecule has 1 aromatic carbocycles. The molecule has 30 heavy (non-hydrogen) atoms. The summed E-state index contributed by atoms with van der Waals surface area (Å²) in [7, 11) is 0. The molecule has 5 nitrogen and oxygen atoms in total. The first-order valence-corrected chi connectivity index (χ1v) is 11.2. The van der Waals surface area contributed by atoms with E-state index in [9.17, 15) is 9.18 Å². The Kier molecular flexibility index (Phi) is 6.30. The maximum atomic E-state index is 13.7. The van der Waals surface area contributed by atoms with Crippen molar-refractivity contribution in [1.82, 2.24) is 14.9 Å². The first-order valence-electron chi connectivity index (χ1n) is 11.2. The highest BCUT2D eigenvalue weighted by atomic mass is 19.1. The summed E-state index contributed by atoms with van der Waals surface area (Å²) in [5, 5.41) is 0. The SMILES string of the molecule is CCc1nc(C)nc(N2CCN(C(=O)C3CCCC3)CC2)c1Cc1cccc(F)c1. The number of amides is 1. The van der Waals surface area contributed by atoms with E-state index in [-0.39, 0.29) is 11.7 Å². The van der Waals surface area contributed by atoms with Crippen LogP contribution in [0.5, 0.6) is 0 Å². The van der Waals surface area contributed by atoms with Crippen LogP contribution in [0.15, 0.2) is 24.3 Å². The van der Waals surface area contributed by atoms with Crippen LogP contribution in [-0.2, 0) is 17.6 Å². The zero-order valence-electron chi connectivity index (χ0n) is 18.0. The van der Waals surface area contributed by atoms with E-state index in [1.54, 1.807) is 12.1 Å². The molecule has 2 heterocycles. The molecule has 1 saturated heterocycles. The largest absolute Gasteiger partial charge is 0.353 e. The molecule has 2 aliphatic rings. The Labute approximate surface area is 178 Å². The highest BCUT2D eigenvalue weighted by Crippen LogP contribution is 2.29. The van der Waals surface area contributed by atoms with Gasteiger partial charge in [0.1, 0.15) is 17.5 Å². The Morgan fingerprint density at radius 3 is 2.53 bits per heavy atom. The van der Waals surface area contributed by atoms with Gasteiger partial charge in [0.05, 0.1) is 0 Å². The summed E-state index contributed by atoms with van der Waals surface area (Å²) in [6.07, 6.45) is 5.86. The van der Waals surface area contributed by atoms with E-state index in [1.807, 2.05) is 17.9 Å². The molecule has 0 atom stereocenters. The van der Waals surface area contributed by atoms with Crippen LogP contribution in [-0.4, -0.2) is 47.0 Å². The minimum Gasteiger partial charge on any atom is -0.353 e. The fourth-order valence-electron chi connectivity index (χ4n) is 4.79. The Bertz CT molecular complexity index is 902. The van der Waals surface area contributed by atoms with Crippen LogP contribution in [0.2, 0.25) is 0 Å².